The van der Waals surface area contributed by atoms with Crippen LogP contribution < -0.4 is 5.73 Å². The minimum Gasteiger partial charge on any atom is -0.506 e. The molecule has 0 unspecified atom stereocenters. The van der Waals surface area contributed by atoms with Crippen LogP contribution in [0.3, 0.4) is 0 Å². The Morgan fingerprint density at radius 2 is 1.88 bits per heavy atom. The van der Waals surface area contributed by atoms with Crippen molar-refractivity contribution in [3.05, 3.63) is 23.8 Å². The molecule has 1 fully saturated rings. The number of nitrogen functional groups attached to an aromatic ring is 1. The normalized spacial score (nSPS) is 16.1. The highest BCUT2D eigenvalue weighted by Crippen LogP contribution is 2.22. The monoisotopic (exact) mass is 235 g/mol. The number of hydrogen-bond donors (Lipinski definition) is 2. The number of benzene rings is 1. The van der Waals surface area contributed by atoms with Crippen LogP contribution in [0.1, 0.15) is 51.5 Å². The summed E-state index contributed by atoms with van der Waals surface area (Å²) in [6.07, 6.45) is 8.36. The zero-order valence-electron chi connectivity index (χ0n) is 11.1. The van der Waals surface area contributed by atoms with Gasteiger partial charge in [-0.1, -0.05) is 52.0 Å². The third-order valence-electron chi connectivity index (χ3n) is 3.40. The molecular formula is C15H25NO. The van der Waals surface area contributed by atoms with Gasteiger partial charge in [-0.05, 0) is 30.0 Å². The summed E-state index contributed by atoms with van der Waals surface area (Å²) in [5.41, 5.74) is 6.94. The summed E-state index contributed by atoms with van der Waals surface area (Å²) in [5.74, 6) is 1.22. The van der Waals surface area contributed by atoms with E-state index >= 15 is 0 Å². The molecule has 1 aromatic carbocycles. The third-order valence-corrected chi connectivity index (χ3v) is 3.40. The SMILES string of the molecule is CC1CCCCC1.CCc1ccc(N)c(O)c1. The molecule has 96 valence electrons. The van der Waals surface area contributed by atoms with Crippen LogP contribution in [0.25, 0.3) is 0 Å². The molecule has 0 heterocycles. The molecule has 0 bridgehead atoms. The average Bonchev–Trinajstić information content (AvgIpc) is 2.34. The Hall–Kier alpha value is -1.18. The fourth-order valence-corrected chi connectivity index (χ4v) is 2.12. The van der Waals surface area contributed by atoms with Crippen molar-refractivity contribution in [1.82, 2.24) is 0 Å². The number of phenolic OH excluding ortho intramolecular Hbond substituents is 1. The Morgan fingerprint density at radius 1 is 1.24 bits per heavy atom. The van der Waals surface area contributed by atoms with Gasteiger partial charge in [0.1, 0.15) is 5.75 Å². The number of rotatable bonds is 1. The van der Waals surface area contributed by atoms with Crippen molar-refractivity contribution < 1.29 is 5.11 Å². The van der Waals surface area contributed by atoms with Gasteiger partial charge in [0.05, 0.1) is 5.69 Å². The maximum absolute atomic E-state index is 9.11. The zero-order valence-corrected chi connectivity index (χ0v) is 11.1. The van der Waals surface area contributed by atoms with Crippen LogP contribution in [-0.4, -0.2) is 5.11 Å². The van der Waals surface area contributed by atoms with Gasteiger partial charge in [0, 0.05) is 0 Å². The van der Waals surface area contributed by atoms with Crippen LogP contribution in [0.4, 0.5) is 5.69 Å². The molecule has 1 aliphatic carbocycles. The zero-order chi connectivity index (χ0) is 12.7. The fourth-order valence-electron chi connectivity index (χ4n) is 2.12. The van der Waals surface area contributed by atoms with Gasteiger partial charge in [-0.2, -0.15) is 0 Å². The van der Waals surface area contributed by atoms with Gasteiger partial charge < -0.3 is 10.8 Å². The van der Waals surface area contributed by atoms with Crippen molar-refractivity contribution >= 4 is 5.69 Å². The summed E-state index contributed by atoms with van der Waals surface area (Å²) in [5, 5.41) is 9.11. The Balaban J connectivity index is 0.000000181. The van der Waals surface area contributed by atoms with E-state index in [-0.39, 0.29) is 5.75 Å². The van der Waals surface area contributed by atoms with Crippen molar-refractivity contribution in [3.8, 4) is 5.75 Å². The van der Waals surface area contributed by atoms with Crippen LogP contribution in [0.2, 0.25) is 0 Å². The number of phenols is 1. The molecule has 0 radical (unpaired) electrons. The molecule has 2 rings (SSSR count). The molecule has 0 aliphatic heterocycles. The predicted octanol–water partition coefficient (Wildman–Crippen LogP) is 4.12. The van der Waals surface area contributed by atoms with Crippen LogP contribution in [0, 0.1) is 5.92 Å². The number of hydrogen-bond acceptors (Lipinski definition) is 2. The van der Waals surface area contributed by atoms with E-state index in [9.17, 15) is 0 Å². The van der Waals surface area contributed by atoms with Gasteiger partial charge in [0.2, 0.25) is 0 Å². The lowest BCUT2D eigenvalue weighted by Gasteiger charge is -2.15. The van der Waals surface area contributed by atoms with E-state index in [0.29, 0.717) is 5.69 Å². The predicted molar refractivity (Wildman–Crippen MR) is 74.1 cm³/mol. The Morgan fingerprint density at radius 3 is 2.29 bits per heavy atom. The molecule has 17 heavy (non-hydrogen) atoms. The second-order valence-corrected chi connectivity index (χ2v) is 4.99. The lowest BCUT2D eigenvalue weighted by molar-refractivity contribution is 0.385. The molecule has 1 saturated carbocycles. The molecular weight excluding hydrogens is 210 g/mol. The van der Waals surface area contributed by atoms with Crippen LogP contribution >= 0.6 is 0 Å². The van der Waals surface area contributed by atoms with E-state index in [4.69, 9.17) is 10.8 Å². The summed E-state index contributed by atoms with van der Waals surface area (Å²) < 4.78 is 0. The number of anilines is 1. The van der Waals surface area contributed by atoms with Gasteiger partial charge in [0.15, 0.2) is 0 Å². The lowest BCUT2D eigenvalue weighted by Crippen LogP contribution is -1.99. The molecule has 3 N–H and O–H groups in total. The summed E-state index contributed by atoms with van der Waals surface area (Å²) in [6.45, 7) is 4.39. The highest BCUT2D eigenvalue weighted by Gasteiger charge is 2.05. The maximum Gasteiger partial charge on any atom is 0.138 e. The second kappa shape index (κ2) is 7.21. The number of aromatic hydroxyl groups is 1. The van der Waals surface area contributed by atoms with E-state index < -0.39 is 0 Å². The fraction of sp³-hybridized carbons (Fsp3) is 0.600. The lowest BCUT2D eigenvalue weighted by atomic mass is 9.91. The first-order valence-electron chi connectivity index (χ1n) is 6.70. The quantitative estimate of drug-likeness (QED) is 0.568. The van der Waals surface area contributed by atoms with Crippen molar-refractivity contribution in [1.29, 1.82) is 0 Å². The van der Waals surface area contributed by atoms with Crippen molar-refractivity contribution in [3.63, 3.8) is 0 Å². The third kappa shape index (κ3) is 5.12. The first-order chi connectivity index (χ1) is 8.13. The Bertz CT molecular complexity index is 330. The molecule has 1 aromatic rings. The molecule has 0 spiro atoms. The summed E-state index contributed by atoms with van der Waals surface area (Å²) in [7, 11) is 0. The standard InChI is InChI=1S/C8H11NO.C7H14/c1-2-6-3-4-7(9)8(10)5-6;1-7-5-3-2-4-6-7/h3-5,10H,2,9H2,1H3;7H,2-6H2,1H3. The van der Waals surface area contributed by atoms with Crippen LogP contribution in [0.15, 0.2) is 18.2 Å². The molecule has 2 nitrogen and oxygen atoms in total. The topological polar surface area (TPSA) is 46.2 Å². The van der Waals surface area contributed by atoms with Gasteiger partial charge in [-0.3, -0.25) is 0 Å². The maximum atomic E-state index is 9.11. The smallest absolute Gasteiger partial charge is 0.138 e. The first-order valence-corrected chi connectivity index (χ1v) is 6.70. The molecule has 0 amide bonds. The van der Waals surface area contributed by atoms with Gasteiger partial charge >= 0.3 is 0 Å². The van der Waals surface area contributed by atoms with Crippen molar-refractivity contribution in [2.24, 2.45) is 5.92 Å². The van der Waals surface area contributed by atoms with E-state index in [2.05, 4.69) is 6.92 Å². The van der Waals surface area contributed by atoms with Crippen molar-refractivity contribution in [2.75, 3.05) is 5.73 Å². The molecule has 0 aromatic heterocycles. The summed E-state index contributed by atoms with van der Waals surface area (Å²) in [4.78, 5) is 0. The van der Waals surface area contributed by atoms with Crippen LogP contribution in [0.5, 0.6) is 5.75 Å². The van der Waals surface area contributed by atoms with Crippen LogP contribution in [-0.2, 0) is 6.42 Å². The molecule has 0 atom stereocenters. The number of nitrogens with two attached hydrogens (primary N) is 1. The highest BCUT2D eigenvalue weighted by atomic mass is 16.3. The average molecular weight is 235 g/mol. The first kappa shape index (κ1) is 13.9. The van der Waals surface area contributed by atoms with Gasteiger partial charge in [0.25, 0.3) is 0 Å². The second-order valence-electron chi connectivity index (χ2n) is 4.99. The summed E-state index contributed by atoms with van der Waals surface area (Å²) in [6, 6.07) is 5.32. The van der Waals surface area contributed by atoms with E-state index in [1.54, 1.807) is 12.1 Å². The highest BCUT2D eigenvalue weighted by molar-refractivity contribution is 5.52. The van der Waals surface area contributed by atoms with Gasteiger partial charge in [-0.15, -0.1) is 0 Å². The van der Waals surface area contributed by atoms with Gasteiger partial charge in [-0.25, -0.2) is 0 Å². The Kier molecular flexibility index (Phi) is 5.88. The minimum absolute atomic E-state index is 0.180. The van der Waals surface area contributed by atoms with E-state index in [1.807, 2.05) is 13.0 Å². The Labute approximate surface area is 105 Å². The van der Waals surface area contributed by atoms with Crippen molar-refractivity contribution in [2.45, 2.75) is 52.4 Å². The molecule has 2 heteroatoms. The van der Waals surface area contributed by atoms with E-state index in [0.717, 1.165) is 17.9 Å². The van der Waals surface area contributed by atoms with E-state index in [1.165, 1.54) is 32.1 Å². The molecule has 1 aliphatic rings. The summed E-state index contributed by atoms with van der Waals surface area (Å²) >= 11 is 0. The molecule has 0 saturated heterocycles. The largest absolute Gasteiger partial charge is 0.506 e. The number of aryl methyl sites for hydroxylation is 1. The minimum atomic E-state index is 0.180.